The molecule has 29 heavy (non-hydrogen) atoms. The molecule has 0 bridgehead atoms. The van der Waals surface area contributed by atoms with E-state index in [4.69, 9.17) is 14.0 Å². The molecule has 0 N–H and O–H groups in total. The molecule has 158 valence electrons. The summed E-state index contributed by atoms with van der Waals surface area (Å²) < 4.78 is 16.9. The predicted octanol–water partition coefficient (Wildman–Crippen LogP) is 1.09. The number of nitrogens with zero attached hydrogens (tertiary/aromatic N) is 4. The van der Waals surface area contributed by atoms with Gasteiger partial charge in [-0.05, 0) is 32.1 Å². The van der Waals surface area contributed by atoms with Crippen molar-refractivity contribution in [3.8, 4) is 0 Å². The van der Waals surface area contributed by atoms with Crippen LogP contribution in [0.2, 0.25) is 0 Å². The maximum atomic E-state index is 12.7. The number of carbonyl (C=O) groups excluding carboxylic acids is 2. The minimum absolute atomic E-state index is 0.00363. The summed E-state index contributed by atoms with van der Waals surface area (Å²) in [5.41, 5.74) is -0.405. The summed E-state index contributed by atoms with van der Waals surface area (Å²) in [6.07, 6.45) is 4.84. The third kappa shape index (κ3) is 4.02. The highest BCUT2D eigenvalue weighted by atomic mass is 16.5. The van der Waals surface area contributed by atoms with Crippen molar-refractivity contribution in [3.63, 3.8) is 0 Å². The second-order valence-electron chi connectivity index (χ2n) is 8.74. The Morgan fingerprint density at radius 1 is 1.17 bits per heavy atom. The van der Waals surface area contributed by atoms with Crippen LogP contribution in [0.15, 0.2) is 4.52 Å². The van der Waals surface area contributed by atoms with Crippen molar-refractivity contribution in [2.45, 2.75) is 56.6 Å². The average molecular weight is 404 g/mol. The number of hydrogen-bond acceptors (Lipinski definition) is 7. The fourth-order valence-corrected chi connectivity index (χ4v) is 4.56. The average Bonchev–Trinajstić information content (AvgIpc) is 3.26. The molecule has 1 saturated carbocycles. The van der Waals surface area contributed by atoms with Gasteiger partial charge in [0.25, 0.3) is 0 Å². The molecule has 0 radical (unpaired) electrons. The topological polar surface area (TPSA) is 98.0 Å². The molecule has 5 rings (SSSR count). The SMILES string of the molecule is O=C1CCOC2(CCN(C(=O)C3CCOC3)CC2)CN1Cc1noc(C2CC2)n1. The van der Waals surface area contributed by atoms with Crippen molar-refractivity contribution in [1.29, 1.82) is 0 Å². The zero-order valence-electron chi connectivity index (χ0n) is 16.7. The Bertz CT molecular complexity index is 763. The van der Waals surface area contributed by atoms with Gasteiger partial charge in [0.2, 0.25) is 17.7 Å². The number of amides is 2. The van der Waals surface area contributed by atoms with Gasteiger partial charge in [0.1, 0.15) is 0 Å². The van der Waals surface area contributed by atoms with Gasteiger partial charge in [0.05, 0.1) is 44.2 Å². The molecule has 9 nitrogen and oxygen atoms in total. The van der Waals surface area contributed by atoms with Gasteiger partial charge in [0.15, 0.2) is 5.82 Å². The minimum atomic E-state index is -0.405. The molecule has 4 heterocycles. The zero-order valence-corrected chi connectivity index (χ0v) is 16.7. The molecular weight excluding hydrogens is 376 g/mol. The van der Waals surface area contributed by atoms with E-state index >= 15 is 0 Å². The quantitative estimate of drug-likeness (QED) is 0.741. The molecule has 1 aliphatic carbocycles. The lowest BCUT2D eigenvalue weighted by Crippen LogP contribution is -2.53. The molecule has 2 amide bonds. The maximum absolute atomic E-state index is 12.7. The van der Waals surface area contributed by atoms with E-state index in [1.165, 1.54) is 0 Å². The predicted molar refractivity (Wildman–Crippen MR) is 99.7 cm³/mol. The third-order valence-electron chi connectivity index (χ3n) is 6.56. The van der Waals surface area contributed by atoms with Crippen molar-refractivity contribution in [2.75, 3.05) is 39.5 Å². The first-order chi connectivity index (χ1) is 14.1. The smallest absolute Gasteiger partial charge is 0.229 e. The zero-order chi connectivity index (χ0) is 19.8. The first kappa shape index (κ1) is 19.0. The number of ether oxygens (including phenoxy) is 2. The molecule has 1 atom stereocenters. The van der Waals surface area contributed by atoms with Gasteiger partial charge in [-0.15, -0.1) is 0 Å². The summed E-state index contributed by atoms with van der Waals surface area (Å²) in [5.74, 6) is 1.90. The molecule has 9 heteroatoms. The summed E-state index contributed by atoms with van der Waals surface area (Å²) in [4.78, 5) is 33.5. The highest BCUT2D eigenvalue weighted by molar-refractivity contribution is 5.79. The summed E-state index contributed by atoms with van der Waals surface area (Å²) in [5, 5.41) is 4.06. The number of aromatic nitrogens is 2. The highest BCUT2D eigenvalue weighted by Crippen LogP contribution is 2.39. The number of likely N-dealkylation sites (tertiary alicyclic amines) is 1. The van der Waals surface area contributed by atoms with E-state index in [0.717, 1.165) is 32.1 Å². The number of carbonyl (C=O) groups is 2. The van der Waals surface area contributed by atoms with Gasteiger partial charge in [-0.2, -0.15) is 4.98 Å². The largest absolute Gasteiger partial charge is 0.381 e. The van der Waals surface area contributed by atoms with Crippen LogP contribution in [0.1, 0.15) is 56.2 Å². The lowest BCUT2D eigenvalue weighted by Gasteiger charge is -2.43. The number of hydrogen-bond donors (Lipinski definition) is 0. The van der Waals surface area contributed by atoms with E-state index < -0.39 is 5.60 Å². The molecule has 1 spiro atoms. The monoisotopic (exact) mass is 404 g/mol. The fraction of sp³-hybridized carbons (Fsp3) is 0.800. The molecule has 1 aromatic heterocycles. The molecular formula is C20H28N4O5. The van der Waals surface area contributed by atoms with Crippen LogP contribution in [0.4, 0.5) is 0 Å². The van der Waals surface area contributed by atoms with Crippen LogP contribution in [0, 0.1) is 5.92 Å². The van der Waals surface area contributed by atoms with Crippen LogP contribution in [0.3, 0.4) is 0 Å². The van der Waals surface area contributed by atoms with E-state index in [1.807, 2.05) is 4.90 Å². The second-order valence-corrected chi connectivity index (χ2v) is 8.74. The molecule has 4 aliphatic rings. The lowest BCUT2D eigenvalue weighted by atomic mass is 9.89. The second kappa shape index (κ2) is 7.68. The van der Waals surface area contributed by atoms with E-state index in [0.29, 0.717) is 70.1 Å². The van der Waals surface area contributed by atoms with E-state index in [-0.39, 0.29) is 17.7 Å². The van der Waals surface area contributed by atoms with Gasteiger partial charge < -0.3 is 23.8 Å². The van der Waals surface area contributed by atoms with Crippen LogP contribution < -0.4 is 0 Å². The van der Waals surface area contributed by atoms with Gasteiger partial charge in [-0.1, -0.05) is 5.16 Å². The summed E-state index contributed by atoms with van der Waals surface area (Å²) in [6, 6.07) is 0. The Kier molecular flexibility index (Phi) is 5.03. The van der Waals surface area contributed by atoms with E-state index in [2.05, 4.69) is 10.1 Å². The lowest BCUT2D eigenvalue weighted by molar-refractivity contribution is -0.144. The van der Waals surface area contributed by atoms with Gasteiger partial charge in [0, 0.05) is 25.6 Å². The molecule has 1 unspecified atom stereocenters. The Balaban J connectivity index is 1.22. The summed E-state index contributed by atoms with van der Waals surface area (Å²) >= 11 is 0. The van der Waals surface area contributed by atoms with Gasteiger partial charge in [-0.3, -0.25) is 9.59 Å². The maximum Gasteiger partial charge on any atom is 0.229 e. The van der Waals surface area contributed by atoms with Gasteiger partial charge >= 0.3 is 0 Å². The number of rotatable bonds is 4. The summed E-state index contributed by atoms with van der Waals surface area (Å²) in [7, 11) is 0. The van der Waals surface area contributed by atoms with Crippen molar-refractivity contribution in [2.24, 2.45) is 5.92 Å². The Morgan fingerprint density at radius 3 is 2.72 bits per heavy atom. The highest BCUT2D eigenvalue weighted by Gasteiger charge is 2.42. The van der Waals surface area contributed by atoms with Crippen molar-refractivity contribution >= 4 is 11.8 Å². The summed E-state index contributed by atoms with van der Waals surface area (Å²) in [6.45, 7) is 3.80. The Morgan fingerprint density at radius 2 is 2.00 bits per heavy atom. The number of piperidine rings is 1. The molecule has 3 saturated heterocycles. The fourth-order valence-electron chi connectivity index (χ4n) is 4.56. The molecule has 0 aromatic carbocycles. The normalized spacial score (nSPS) is 27.4. The molecule has 4 fully saturated rings. The standard InChI is InChI=1S/C20H28N4O5/c25-17-4-10-28-20(5-7-23(8-6-20)19(26)15-3-9-27-12-15)13-24(17)11-16-21-18(29-22-16)14-1-2-14/h14-15H,1-13H2. The first-order valence-electron chi connectivity index (χ1n) is 10.7. The van der Waals surface area contributed by atoms with Crippen molar-refractivity contribution in [1.82, 2.24) is 19.9 Å². The van der Waals surface area contributed by atoms with Crippen LogP contribution in [-0.2, 0) is 25.6 Å². The van der Waals surface area contributed by atoms with Crippen LogP contribution in [-0.4, -0.2) is 76.8 Å². The van der Waals surface area contributed by atoms with Crippen molar-refractivity contribution < 1.29 is 23.6 Å². The molecule has 3 aliphatic heterocycles. The van der Waals surface area contributed by atoms with E-state index in [9.17, 15) is 9.59 Å². The Labute approximate surface area is 169 Å². The van der Waals surface area contributed by atoms with E-state index in [1.54, 1.807) is 4.90 Å². The van der Waals surface area contributed by atoms with Gasteiger partial charge in [-0.25, -0.2) is 0 Å². The Hall–Kier alpha value is -2.00. The first-order valence-corrected chi connectivity index (χ1v) is 10.7. The van der Waals surface area contributed by atoms with Crippen LogP contribution in [0.5, 0.6) is 0 Å². The third-order valence-corrected chi connectivity index (χ3v) is 6.56. The minimum Gasteiger partial charge on any atom is -0.381 e. The van der Waals surface area contributed by atoms with Crippen molar-refractivity contribution in [3.05, 3.63) is 11.7 Å². The molecule has 1 aromatic rings. The van der Waals surface area contributed by atoms with Crippen LogP contribution in [0.25, 0.3) is 0 Å². The van der Waals surface area contributed by atoms with Crippen LogP contribution >= 0.6 is 0 Å².